The number of pyridine rings is 1. The second-order valence-corrected chi connectivity index (χ2v) is 4.36. The van der Waals surface area contributed by atoms with Crippen molar-refractivity contribution in [3.63, 3.8) is 0 Å². The third kappa shape index (κ3) is 4.02. The lowest BCUT2D eigenvalue weighted by Gasteiger charge is -2.05. The zero-order valence-electron chi connectivity index (χ0n) is 10.7. The fraction of sp³-hybridized carbons (Fsp3) is 0.0667. The van der Waals surface area contributed by atoms with E-state index in [0.29, 0.717) is 5.69 Å². The number of rotatable bonds is 2. The van der Waals surface area contributed by atoms with Crippen LogP contribution in [-0.4, -0.2) is 22.6 Å². The van der Waals surface area contributed by atoms with Gasteiger partial charge >= 0.3 is 0 Å². The molecule has 2 aromatic rings. The standard InChI is InChI=1S/C15H10ClFN2O2/c16-12-7-6-10(9-13(12)17)15(21)19-14-5-1-3-11(18-14)4-2-8-20/h1,3,5-7,9,20H,8H2,(H,18,19,21). The van der Waals surface area contributed by atoms with E-state index in [0.717, 1.165) is 6.07 Å². The molecule has 0 unspecified atom stereocenters. The third-order valence-corrected chi connectivity index (χ3v) is 2.77. The van der Waals surface area contributed by atoms with Crippen molar-refractivity contribution >= 4 is 23.3 Å². The maximum Gasteiger partial charge on any atom is 0.256 e. The van der Waals surface area contributed by atoms with Crippen LogP contribution in [0.4, 0.5) is 10.2 Å². The largest absolute Gasteiger partial charge is 0.384 e. The van der Waals surface area contributed by atoms with Gasteiger partial charge in [-0.1, -0.05) is 23.6 Å². The second-order valence-electron chi connectivity index (χ2n) is 3.95. The van der Waals surface area contributed by atoms with E-state index in [9.17, 15) is 9.18 Å². The van der Waals surface area contributed by atoms with Crippen LogP contribution in [0.5, 0.6) is 0 Å². The summed E-state index contributed by atoms with van der Waals surface area (Å²) in [5, 5.41) is 11.1. The molecule has 0 fully saturated rings. The Morgan fingerprint density at radius 2 is 2.19 bits per heavy atom. The van der Waals surface area contributed by atoms with E-state index in [4.69, 9.17) is 16.7 Å². The number of nitrogens with one attached hydrogen (secondary N) is 1. The Labute approximate surface area is 125 Å². The number of nitrogens with zero attached hydrogens (tertiary/aromatic N) is 1. The van der Waals surface area contributed by atoms with E-state index in [-0.39, 0.29) is 23.0 Å². The molecule has 6 heteroatoms. The molecule has 0 aliphatic heterocycles. The molecule has 106 valence electrons. The molecule has 0 atom stereocenters. The SMILES string of the molecule is O=C(Nc1cccc(C#CCO)n1)c1ccc(Cl)c(F)c1. The maximum absolute atomic E-state index is 13.3. The van der Waals surface area contributed by atoms with E-state index < -0.39 is 11.7 Å². The van der Waals surface area contributed by atoms with Gasteiger partial charge in [0.15, 0.2) is 0 Å². The Morgan fingerprint density at radius 3 is 2.90 bits per heavy atom. The first-order chi connectivity index (χ1) is 10.1. The number of amides is 1. The topological polar surface area (TPSA) is 62.2 Å². The van der Waals surface area contributed by atoms with Crippen molar-refractivity contribution in [2.24, 2.45) is 0 Å². The summed E-state index contributed by atoms with van der Waals surface area (Å²) in [4.78, 5) is 16.0. The zero-order chi connectivity index (χ0) is 15.2. The van der Waals surface area contributed by atoms with Crippen molar-refractivity contribution in [2.75, 3.05) is 11.9 Å². The van der Waals surface area contributed by atoms with Crippen LogP contribution in [0.3, 0.4) is 0 Å². The Kier molecular flexibility index (Phi) is 4.88. The quantitative estimate of drug-likeness (QED) is 0.838. The molecular formula is C15H10ClFN2O2. The van der Waals surface area contributed by atoms with Crippen molar-refractivity contribution in [3.05, 3.63) is 58.5 Å². The van der Waals surface area contributed by atoms with Crippen LogP contribution in [0.2, 0.25) is 5.02 Å². The van der Waals surface area contributed by atoms with Gasteiger partial charge < -0.3 is 10.4 Å². The fourth-order valence-electron chi connectivity index (χ4n) is 1.53. The molecule has 0 saturated carbocycles. The van der Waals surface area contributed by atoms with Gasteiger partial charge in [-0.3, -0.25) is 4.79 Å². The summed E-state index contributed by atoms with van der Waals surface area (Å²) in [5.41, 5.74) is 0.537. The molecule has 4 nitrogen and oxygen atoms in total. The predicted molar refractivity (Wildman–Crippen MR) is 77.6 cm³/mol. The van der Waals surface area contributed by atoms with E-state index >= 15 is 0 Å². The normalized spacial score (nSPS) is 9.67. The molecule has 1 aromatic carbocycles. The lowest BCUT2D eigenvalue weighted by Crippen LogP contribution is -2.13. The second kappa shape index (κ2) is 6.84. The molecule has 2 rings (SSSR count). The Hall–Kier alpha value is -2.42. The minimum Gasteiger partial charge on any atom is -0.384 e. The van der Waals surface area contributed by atoms with Crippen LogP contribution in [0.25, 0.3) is 0 Å². The van der Waals surface area contributed by atoms with Crippen molar-refractivity contribution in [1.82, 2.24) is 4.98 Å². The molecule has 0 radical (unpaired) electrons. The van der Waals surface area contributed by atoms with Gasteiger partial charge in [0, 0.05) is 5.56 Å². The number of aliphatic hydroxyl groups is 1. The molecule has 0 spiro atoms. The highest BCUT2D eigenvalue weighted by molar-refractivity contribution is 6.30. The van der Waals surface area contributed by atoms with Crippen molar-refractivity contribution in [1.29, 1.82) is 0 Å². The number of hydrogen-bond donors (Lipinski definition) is 2. The highest BCUT2D eigenvalue weighted by atomic mass is 35.5. The number of halogens is 2. The lowest BCUT2D eigenvalue weighted by atomic mass is 10.2. The Morgan fingerprint density at radius 1 is 1.38 bits per heavy atom. The van der Waals surface area contributed by atoms with E-state index in [1.54, 1.807) is 18.2 Å². The van der Waals surface area contributed by atoms with Crippen LogP contribution < -0.4 is 5.32 Å². The van der Waals surface area contributed by atoms with Gasteiger partial charge in [0.25, 0.3) is 5.91 Å². The Bertz CT molecular complexity index is 738. The van der Waals surface area contributed by atoms with Gasteiger partial charge in [-0.15, -0.1) is 0 Å². The maximum atomic E-state index is 13.3. The summed E-state index contributed by atoms with van der Waals surface area (Å²) in [6.45, 7) is -0.275. The predicted octanol–water partition coefficient (Wildman–Crippen LogP) is 2.47. The number of hydrogen-bond acceptors (Lipinski definition) is 3. The number of aromatic nitrogens is 1. The van der Waals surface area contributed by atoms with Gasteiger partial charge in [-0.2, -0.15) is 0 Å². The highest BCUT2D eigenvalue weighted by Crippen LogP contribution is 2.16. The molecule has 1 aromatic heterocycles. The minimum absolute atomic E-state index is 0.0500. The van der Waals surface area contributed by atoms with Crippen molar-refractivity contribution in [3.8, 4) is 11.8 Å². The van der Waals surface area contributed by atoms with E-state index in [1.165, 1.54) is 12.1 Å². The first kappa shape index (κ1) is 15.0. The van der Waals surface area contributed by atoms with Gasteiger partial charge in [0.05, 0.1) is 5.02 Å². The monoisotopic (exact) mass is 304 g/mol. The summed E-state index contributed by atoms with van der Waals surface area (Å²) in [6, 6.07) is 8.65. The summed E-state index contributed by atoms with van der Waals surface area (Å²) >= 11 is 5.56. The first-order valence-corrected chi connectivity index (χ1v) is 6.31. The molecule has 0 bridgehead atoms. The molecule has 0 aliphatic carbocycles. The first-order valence-electron chi connectivity index (χ1n) is 5.93. The average molecular weight is 305 g/mol. The summed E-state index contributed by atoms with van der Waals surface area (Å²) in [7, 11) is 0. The van der Waals surface area contributed by atoms with Crippen LogP contribution in [0.1, 0.15) is 16.1 Å². The number of carbonyl (C=O) groups excluding carboxylic acids is 1. The van der Waals surface area contributed by atoms with Gasteiger partial charge in [0.2, 0.25) is 0 Å². The molecule has 0 aliphatic rings. The summed E-state index contributed by atoms with van der Waals surface area (Å²) in [5.74, 6) is 4.18. The molecule has 1 amide bonds. The lowest BCUT2D eigenvalue weighted by molar-refractivity contribution is 0.102. The molecule has 1 heterocycles. The number of carbonyl (C=O) groups is 1. The van der Waals surface area contributed by atoms with Gasteiger partial charge in [-0.25, -0.2) is 9.37 Å². The van der Waals surface area contributed by atoms with Crippen LogP contribution in [0.15, 0.2) is 36.4 Å². The van der Waals surface area contributed by atoms with E-state index in [2.05, 4.69) is 22.1 Å². The van der Waals surface area contributed by atoms with Crippen molar-refractivity contribution < 1.29 is 14.3 Å². The average Bonchev–Trinajstić information content (AvgIpc) is 2.48. The van der Waals surface area contributed by atoms with Crippen LogP contribution in [-0.2, 0) is 0 Å². The molecule has 2 N–H and O–H groups in total. The Balaban J connectivity index is 2.17. The molecular weight excluding hydrogens is 295 g/mol. The van der Waals surface area contributed by atoms with E-state index in [1.807, 2.05) is 0 Å². The third-order valence-electron chi connectivity index (χ3n) is 2.47. The van der Waals surface area contributed by atoms with Crippen LogP contribution in [0, 0.1) is 17.7 Å². The molecule has 0 saturated heterocycles. The smallest absolute Gasteiger partial charge is 0.256 e. The van der Waals surface area contributed by atoms with Crippen LogP contribution >= 0.6 is 11.6 Å². The zero-order valence-corrected chi connectivity index (χ0v) is 11.5. The number of aliphatic hydroxyl groups excluding tert-OH is 1. The molecule has 21 heavy (non-hydrogen) atoms. The fourth-order valence-corrected chi connectivity index (χ4v) is 1.65. The highest BCUT2D eigenvalue weighted by Gasteiger charge is 2.09. The minimum atomic E-state index is -0.667. The number of anilines is 1. The number of benzene rings is 1. The van der Waals surface area contributed by atoms with Gasteiger partial charge in [0.1, 0.15) is 23.9 Å². The van der Waals surface area contributed by atoms with Gasteiger partial charge in [-0.05, 0) is 36.3 Å². The summed E-state index contributed by atoms with van der Waals surface area (Å²) in [6.07, 6.45) is 0. The summed E-state index contributed by atoms with van der Waals surface area (Å²) < 4.78 is 13.3. The van der Waals surface area contributed by atoms with Crippen molar-refractivity contribution in [2.45, 2.75) is 0 Å².